The summed E-state index contributed by atoms with van der Waals surface area (Å²) in [6.45, 7) is 0. The van der Waals surface area contributed by atoms with Gasteiger partial charge in [-0.2, -0.15) is 0 Å². The molecule has 19 heavy (non-hydrogen) atoms. The van der Waals surface area contributed by atoms with E-state index < -0.39 is 0 Å². The second-order valence-corrected chi connectivity index (χ2v) is 4.15. The van der Waals surface area contributed by atoms with Gasteiger partial charge in [-0.25, -0.2) is 14.4 Å². The van der Waals surface area contributed by atoms with Crippen LogP contribution in [0, 0.1) is 5.82 Å². The Hall–Kier alpha value is -2.56. The van der Waals surface area contributed by atoms with Gasteiger partial charge in [0.05, 0.1) is 0 Å². The Morgan fingerprint density at radius 1 is 1.26 bits per heavy atom. The third-order valence-electron chi connectivity index (χ3n) is 2.89. The van der Waals surface area contributed by atoms with Crippen LogP contribution in [0.25, 0.3) is 5.65 Å². The van der Waals surface area contributed by atoms with Gasteiger partial charge in [0.2, 0.25) is 0 Å². The monoisotopic (exact) mass is 255 g/mol. The van der Waals surface area contributed by atoms with E-state index in [9.17, 15) is 9.18 Å². The first-order valence-electron chi connectivity index (χ1n) is 5.79. The van der Waals surface area contributed by atoms with Gasteiger partial charge >= 0.3 is 0 Å². The number of hydrogen-bond donors (Lipinski definition) is 0. The van der Waals surface area contributed by atoms with Crippen LogP contribution in [-0.4, -0.2) is 20.7 Å². The predicted molar refractivity (Wildman–Crippen MR) is 67.6 cm³/mol. The number of benzene rings is 1. The van der Waals surface area contributed by atoms with Crippen LogP contribution in [-0.2, 0) is 6.42 Å². The first kappa shape index (κ1) is 11.5. The van der Waals surface area contributed by atoms with E-state index in [0.717, 1.165) is 5.56 Å². The summed E-state index contributed by atoms with van der Waals surface area (Å²) in [5.41, 5.74) is 1.78. The van der Waals surface area contributed by atoms with Gasteiger partial charge in [-0.3, -0.25) is 9.20 Å². The third-order valence-corrected chi connectivity index (χ3v) is 2.89. The van der Waals surface area contributed by atoms with E-state index in [1.165, 1.54) is 12.1 Å². The summed E-state index contributed by atoms with van der Waals surface area (Å²) in [4.78, 5) is 19.4. The molecule has 0 spiro atoms. The molecule has 5 heteroatoms. The SMILES string of the molecule is O=Cc1nc(Cc2ccc(F)cc2)n2cccnc12. The molecule has 0 aliphatic rings. The van der Waals surface area contributed by atoms with Gasteiger partial charge in [-0.05, 0) is 23.8 Å². The van der Waals surface area contributed by atoms with E-state index in [1.807, 2.05) is 0 Å². The molecule has 0 bridgehead atoms. The smallest absolute Gasteiger partial charge is 0.172 e. The molecule has 0 atom stereocenters. The fraction of sp³-hybridized carbons (Fsp3) is 0.0714. The Balaban J connectivity index is 2.05. The minimum absolute atomic E-state index is 0.271. The van der Waals surface area contributed by atoms with Crippen LogP contribution >= 0.6 is 0 Å². The van der Waals surface area contributed by atoms with Crippen LogP contribution in [0.2, 0.25) is 0 Å². The Morgan fingerprint density at radius 2 is 2.05 bits per heavy atom. The number of halogens is 1. The van der Waals surface area contributed by atoms with Crippen molar-refractivity contribution in [1.82, 2.24) is 14.4 Å². The maximum Gasteiger partial charge on any atom is 0.172 e. The van der Waals surface area contributed by atoms with Gasteiger partial charge in [0.1, 0.15) is 17.3 Å². The van der Waals surface area contributed by atoms with Crippen LogP contribution < -0.4 is 0 Å². The van der Waals surface area contributed by atoms with Crippen molar-refractivity contribution in [3.8, 4) is 0 Å². The van der Waals surface area contributed by atoms with Crippen molar-refractivity contribution < 1.29 is 9.18 Å². The molecular weight excluding hydrogens is 245 g/mol. The zero-order chi connectivity index (χ0) is 13.2. The van der Waals surface area contributed by atoms with Gasteiger partial charge in [0.15, 0.2) is 11.9 Å². The molecule has 3 rings (SSSR count). The molecule has 0 N–H and O–H groups in total. The van der Waals surface area contributed by atoms with E-state index in [2.05, 4.69) is 9.97 Å². The standard InChI is InChI=1S/C14H10FN3O/c15-11-4-2-10(3-5-11)8-13-17-12(9-19)14-16-6-1-7-18(13)14/h1-7,9H,8H2. The molecule has 0 saturated heterocycles. The van der Waals surface area contributed by atoms with Gasteiger partial charge in [-0.15, -0.1) is 0 Å². The van der Waals surface area contributed by atoms with Gasteiger partial charge in [-0.1, -0.05) is 12.1 Å². The molecule has 1 aromatic carbocycles. The summed E-state index contributed by atoms with van der Waals surface area (Å²) in [5, 5.41) is 0. The van der Waals surface area contributed by atoms with Crippen molar-refractivity contribution in [3.63, 3.8) is 0 Å². The molecule has 2 heterocycles. The Bertz CT molecular complexity index is 734. The number of imidazole rings is 1. The summed E-state index contributed by atoms with van der Waals surface area (Å²) in [7, 11) is 0. The lowest BCUT2D eigenvalue weighted by molar-refractivity contribution is 0.112. The average Bonchev–Trinajstić information content (AvgIpc) is 2.80. The molecule has 0 aliphatic carbocycles. The number of carbonyl (C=O) groups is 1. The fourth-order valence-corrected chi connectivity index (χ4v) is 2.00. The lowest BCUT2D eigenvalue weighted by Crippen LogP contribution is -1.96. The van der Waals surface area contributed by atoms with Crippen molar-refractivity contribution in [2.75, 3.05) is 0 Å². The Labute approximate surface area is 108 Å². The zero-order valence-corrected chi connectivity index (χ0v) is 9.95. The molecule has 4 nitrogen and oxygen atoms in total. The van der Waals surface area contributed by atoms with Crippen LogP contribution in [0.4, 0.5) is 4.39 Å². The van der Waals surface area contributed by atoms with E-state index in [4.69, 9.17) is 0 Å². The molecule has 0 radical (unpaired) electrons. The van der Waals surface area contributed by atoms with E-state index in [-0.39, 0.29) is 5.82 Å². The number of aldehydes is 1. The summed E-state index contributed by atoms with van der Waals surface area (Å²) in [6.07, 6.45) is 4.63. The van der Waals surface area contributed by atoms with E-state index in [0.29, 0.717) is 29.9 Å². The molecule has 0 amide bonds. The fourth-order valence-electron chi connectivity index (χ4n) is 2.00. The van der Waals surface area contributed by atoms with Crippen molar-refractivity contribution in [3.05, 3.63) is 65.6 Å². The normalized spacial score (nSPS) is 10.8. The molecule has 2 aromatic heterocycles. The molecule has 0 saturated carbocycles. The van der Waals surface area contributed by atoms with Crippen LogP contribution in [0.5, 0.6) is 0 Å². The molecule has 0 fully saturated rings. The molecule has 94 valence electrons. The quantitative estimate of drug-likeness (QED) is 0.674. The number of rotatable bonds is 3. The highest BCUT2D eigenvalue weighted by molar-refractivity contribution is 5.81. The number of hydrogen-bond acceptors (Lipinski definition) is 3. The predicted octanol–water partition coefficient (Wildman–Crippen LogP) is 2.27. The van der Waals surface area contributed by atoms with E-state index >= 15 is 0 Å². The first-order valence-corrected chi connectivity index (χ1v) is 5.79. The van der Waals surface area contributed by atoms with Gasteiger partial charge in [0.25, 0.3) is 0 Å². The van der Waals surface area contributed by atoms with Crippen LogP contribution in [0.3, 0.4) is 0 Å². The van der Waals surface area contributed by atoms with Crippen LogP contribution in [0.15, 0.2) is 42.7 Å². The maximum absolute atomic E-state index is 12.9. The number of carbonyl (C=O) groups excluding carboxylic acids is 1. The number of aromatic nitrogens is 3. The summed E-state index contributed by atoms with van der Waals surface area (Å²) in [5.74, 6) is 0.434. The second kappa shape index (κ2) is 4.61. The Kier molecular flexibility index (Phi) is 2.79. The van der Waals surface area contributed by atoms with Crippen molar-refractivity contribution in [2.45, 2.75) is 6.42 Å². The van der Waals surface area contributed by atoms with Crippen molar-refractivity contribution in [2.24, 2.45) is 0 Å². The van der Waals surface area contributed by atoms with Crippen molar-refractivity contribution in [1.29, 1.82) is 0 Å². The molecule has 0 aliphatic heterocycles. The average molecular weight is 255 g/mol. The summed E-state index contributed by atoms with van der Waals surface area (Å²) in [6, 6.07) is 7.99. The lowest BCUT2D eigenvalue weighted by atomic mass is 10.1. The molecular formula is C14H10FN3O. The Morgan fingerprint density at radius 3 is 2.79 bits per heavy atom. The van der Waals surface area contributed by atoms with Crippen molar-refractivity contribution >= 4 is 11.9 Å². The largest absolute Gasteiger partial charge is 0.296 e. The van der Waals surface area contributed by atoms with E-state index in [1.54, 1.807) is 35.0 Å². The lowest BCUT2D eigenvalue weighted by Gasteiger charge is -2.01. The van der Waals surface area contributed by atoms with Gasteiger partial charge < -0.3 is 0 Å². The molecule has 3 aromatic rings. The maximum atomic E-state index is 12.9. The zero-order valence-electron chi connectivity index (χ0n) is 9.95. The minimum atomic E-state index is -0.271. The third kappa shape index (κ3) is 2.10. The summed E-state index contributed by atoms with van der Waals surface area (Å²) >= 11 is 0. The van der Waals surface area contributed by atoms with Crippen LogP contribution in [0.1, 0.15) is 21.9 Å². The topological polar surface area (TPSA) is 47.3 Å². The number of nitrogens with zero attached hydrogens (tertiary/aromatic N) is 3. The first-order chi connectivity index (χ1) is 9.28. The highest BCUT2D eigenvalue weighted by atomic mass is 19.1. The second-order valence-electron chi connectivity index (χ2n) is 4.15. The summed E-state index contributed by atoms with van der Waals surface area (Å²) < 4.78 is 14.6. The van der Waals surface area contributed by atoms with Gasteiger partial charge in [0, 0.05) is 18.8 Å². The molecule has 0 unspecified atom stereocenters. The highest BCUT2D eigenvalue weighted by Gasteiger charge is 2.11. The minimum Gasteiger partial charge on any atom is -0.296 e. The number of fused-ring (bicyclic) bond motifs is 1. The highest BCUT2D eigenvalue weighted by Crippen LogP contribution is 2.13.